The van der Waals surface area contributed by atoms with E-state index in [9.17, 15) is 9.59 Å². The molecule has 0 aliphatic heterocycles. The fraction of sp³-hybridized carbons (Fsp3) is 0.818. The first-order chi connectivity index (χ1) is 7.27. The van der Waals surface area contributed by atoms with Crippen LogP contribution >= 0.6 is 0 Å². The summed E-state index contributed by atoms with van der Waals surface area (Å²) in [6, 6.07) is -0.140. The summed E-state index contributed by atoms with van der Waals surface area (Å²) in [4.78, 5) is 21.7. The zero-order valence-electron chi connectivity index (χ0n) is 10.1. The van der Waals surface area contributed by atoms with Gasteiger partial charge in [-0.1, -0.05) is 20.8 Å². The average molecular weight is 231 g/mol. The number of carbonyl (C=O) groups excluding carboxylic acids is 1. The molecule has 5 nitrogen and oxygen atoms in total. The summed E-state index contributed by atoms with van der Waals surface area (Å²) in [5.74, 6) is -1.26. The van der Waals surface area contributed by atoms with Crippen LogP contribution in [0.15, 0.2) is 0 Å². The molecule has 0 spiro atoms. The van der Waals surface area contributed by atoms with Crippen LogP contribution in [0.4, 0.5) is 0 Å². The number of nitrogens with one attached hydrogen (secondary N) is 1. The van der Waals surface area contributed by atoms with Gasteiger partial charge in [0, 0.05) is 19.1 Å². The molecule has 0 saturated carbocycles. The summed E-state index contributed by atoms with van der Waals surface area (Å²) in [6.45, 7) is 5.89. The third kappa shape index (κ3) is 6.40. The molecule has 0 saturated heterocycles. The van der Waals surface area contributed by atoms with Crippen molar-refractivity contribution in [3.8, 4) is 0 Å². The molecule has 0 aromatic carbocycles. The summed E-state index contributed by atoms with van der Waals surface area (Å²) in [6.07, 6.45) is 0.289. The summed E-state index contributed by atoms with van der Waals surface area (Å²) in [5, 5.41) is 20.1. The second-order valence-electron chi connectivity index (χ2n) is 4.89. The van der Waals surface area contributed by atoms with Crippen LogP contribution in [0.2, 0.25) is 0 Å². The Morgan fingerprint density at radius 3 is 2.19 bits per heavy atom. The first-order valence-corrected chi connectivity index (χ1v) is 5.39. The lowest BCUT2D eigenvalue weighted by molar-refractivity contribution is -0.139. The van der Waals surface area contributed by atoms with Crippen molar-refractivity contribution in [3.63, 3.8) is 0 Å². The van der Waals surface area contributed by atoms with Gasteiger partial charge in [0.1, 0.15) is 0 Å². The first kappa shape index (κ1) is 14.9. The highest BCUT2D eigenvalue weighted by atomic mass is 16.4. The van der Waals surface area contributed by atoms with Gasteiger partial charge in [0.25, 0.3) is 0 Å². The summed E-state index contributed by atoms with van der Waals surface area (Å²) < 4.78 is 0. The molecule has 1 unspecified atom stereocenters. The standard InChI is InChI=1S/C11H21NO4/c1-11(2,3)8(6-7-13)12-9(14)4-5-10(15)16/h8,13H,4-7H2,1-3H3,(H,12,14)(H,15,16). The van der Waals surface area contributed by atoms with Crippen molar-refractivity contribution in [3.05, 3.63) is 0 Å². The highest BCUT2D eigenvalue weighted by Crippen LogP contribution is 2.21. The summed E-state index contributed by atoms with van der Waals surface area (Å²) in [7, 11) is 0. The SMILES string of the molecule is CC(C)(C)C(CCO)NC(=O)CCC(=O)O. The van der Waals surface area contributed by atoms with Crippen molar-refractivity contribution in [2.75, 3.05) is 6.61 Å². The Labute approximate surface area is 95.9 Å². The van der Waals surface area contributed by atoms with Crippen molar-refractivity contribution in [2.45, 2.75) is 46.1 Å². The molecular weight excluding hydrogens is 210 g/mol. The van der Waals surface area contributed by atoms with Crippen LogP contribution in [0.25, 0.3) is 0 Å². The van der Waals surface area contributed by atoms with E-state index in [0.29, 0.717) is 6.42 Å². The van der Waals surface area contributed by atoms with Crippen molar-refractivity contribution in [1.82, 2.24) is 5.32 Å². The molecule has 0 bridgehead atoms. The van der Waals surface area contributed by atoms with E-state index in [-0.39, 0.29) is 36.8 Å². The fourth-order valence-electron chi connectivity index (χ4n) is 1.34. The zero-order valence-corrected chi connectivity index (χ0v) is 10.1. The quantitative estimate of drug-likeness (QED) is 0.630. The Morgan fingerprint density at radius 1 is 1.25 bits per heavy atom. The first-order valence-electron chi connectivity index (χ1n) is 5.39. The Kier molecular flexibility index (Phi) is 6.03. The minimum absolute atomic E-state index is 0.00114. The molecule has 1 amide bonds. The largest absolute Gasteiger partial charge is 0.481 e. The van der Waals surface area contributed by atoms with Crippen LogP contribution in [0.1, 0.15) is 40.0 Å². The van der Waals surface area contributed by atoms with Gasteiger partial charge in [-0.25, -0.2) is 0 Å². The minimum Gasteiger partial charge on any atom is -0.481 e. The number of rotatable bonds is 6. The maximum Gasteiger partial charge on any atom is 0.303 e. The van der Waals surface area contributed by atoms with Crippen molar-refractivity contribution < 1.29 is 19.8 Å². The van der Waals surface area contributed by atoms with E-state index in [0.717, 1.165) is 0 Å². The number of hydrogen-bond donors (Lipinski definition) is 3. The maximum atomic E-state index is 11.4. The second-order valence-corrected chi connectivity index (χ2v) is 4.89. The van der Waals surface area contributed by atoms with Crippen molar-refractivity contribution in [2.24, 2.45) is 5.41 Å². The van der Waals surface area contributed by atoms with Crippen LogP contribution in [0.5, 0.6) is 0 Å². The Morgan fingerprint density at radius 2 is 1.81 bits per heavy atom. The maximum absolute atomic E-state index is 11.4. The van der Waals surface area contributed by atoms with Gasteiger partial charge in [0.05, 0.1) is 6.42 Å². The smallest absolute Gasteiger partial charge is 0.303 e. The van der Waals surface area contributed by atoms with Gasteiger partial charge in [0.2, 0.25) is 5.91 Å². The van der Waals surface area contributed by atoms with E-state index >= 15 is 0 Å². The van der Waals surface area contributed by atoms with E-state index in [1.54, 1.807) is 0 Å². The predicted molar refractivity (Wildman–Crippen MR) is 60.0 cm³/mol. The van der Waals surface area contributed by atoms with Gasteiger partial charge in [-0.2, -0.15) is 0 Å². The van der Waals surface area contributed by atoms with Crippen LogP contribution in [-0.2, 0) is 9.59 Å². The lowest BCUT2D eigenvalue weighted by Crippen LogP contribution is -2.44. The number of carboxylic acids is 1. The number of amides is 1. The van der Waals surface area contributed by atoms with Gasteiger partial charge >= 0.3 is 5.97 Å². The lowest BCUT2D eigenvalue weighted by Gasteiger charge is -2.31. The molecule has 1 atom stereocenters. The molecule has 0 heterocycles. The van der Waals surface area contributed by atoms with E-state index < -0.39 is 5.97 Å². The van der Waals surface area contributed by atoms with Crippen LogP contribution in [0.3, 0.4) is 0 Å². The van der Waals surface area contributed by atoms with Crippen LogP contribution in [-0.4, -0.2) is 34.7 Å². The highest BCUT2D eigenvalue weighted by molar-refractivity contribution is 5.80. The van der Waals surface area contributed by atoms with Crippen LogP contribution in [0, 0.1) is 5.41 Å². The molecule has 0 aliphatic carbocycles. The van der Waals surface area contributed by atoms with E-state index in [4.69, 9.17) is 10.2 Å². The molecule has 0 aliphatic rings. The van der Waals surface area contributed by atoms with E-state index in [1.807, 2.05) is 20.8 Å². The van der Waals surface area contributed by atoms with E-state index in [2.05, 4.69) is 5.32 Å². The molecule has 94 valence electrons. The number of carbonyl (C=O) groups is 2. The third-order valence-corrected chi connectivity index (χ3v) is 2.36. The molecule has 0 radical (unpaired) electrons. The molecule has 3 N–H and O–H groups in total. The third-order valence-electron chi connectivity index (χ3n) is 2.36. The molecule has 0 aromatic heterocycles. The normalized spacial score (nSPS) is 13.2. The zero-order chi connectivity index (χ0) is 12.8. The number of aliphatic hydroxyl groups excluding tert-OH is 1. The van der Waals surface area contributed by atoms with Crippen molar-refractivity contribution >= 4 is 11.9 Å². The van der Waals surface area contributed by atoms with Crippen LogP contribution < -0.4 is 5.32 Å². The molecule has 5 heteroatoms. The molecule has 16 heavy (non-hydrogen) atoms. The predicted octanol–water partition coefficient (Wildman–Crippen LogP) is 0.764. The molecule has 0 fully saturated rings. The lowest BCUT2D eigenvalue weighted by atomic mass is 9.85. The average Bonchev–Trinajstić information content (AvgIpc) is 2.12. The van der Waals surface area contributed by atoms with Gasteiger partial charge in [-0.15, -0.1) is 0 Å². The van der Waals surface area contributed by atoms with Gasteiger partial charge in [-0.05, 0) is 11.8 Å². The number of aliphatic carboxylic acids is 1. The van der Waals surface area contributed by atoms with Gasteiger partial charge in [0.15, 0.2) is 0 Å². The van der Waals surface area contributed by atoms with E-state index in [1.165, 1.54) is 0 Å². The topological polar surface area (TPSA) is 86.6 Å². The second kappa shape index (κ2) is 6.48. The fourth-order valence-corrected chi connectivity index (χ4v) is 1.34. The number of hydrogen-bond acceptors (Lipinski definition) is 3. The molecular formula is C11H21NO4. The summed E-state index contributed by atoms with van der Waals surface area (Å²) in [5.41, 5.74) is -0.151. The summed E-state index contributed by atoms with van der Waals surface area (Å²) >= 11 is 0. The van der Waals surface area contributed by atoms with Crippen molar-refractivity contribution in [1.29, 1.82) is 0 Å². The molecule has 0 rings (SSSR count). The molecule has 0 aromatic rings. The Hall–Kier alpha value is -1.10. The van der Waals surface area contributed by atoms with Gasteiger partial charge < -0.3 is 15.5 Å². The highest BCUT2D eigenvalue weighted by Gasteiger charge is 2.25. The minimum atomic E-state index is -0.982. The van der Waals surface area contributed by atoms with Gasteiger partial charge in [-0.3, -0.25) is 9.59 Å². The number of carboxylic acid groups (broad SMARTS) is 1. The monoisotopic (exact) mass is 231 g/mol. The Balaban J connectivity index is 4.19. The number of aliphatic hydroxyl groups is 1. The Bertz CT molecular complexity index is 245.